The molecule has 9 nitrogen and oxygen atoms in total. The van der Waals surface area contributed by atoms with Gasteiger partial charge in [0, 0.05) is 23.1 Å². The number of aryl methyl sites for hydroxylation is 1. The molecule has 1 unspecified atom stereocenters. The fourth-order valence-electron chi connectivity index (χ4n) is 3.68. The maximum atomic E-state index is 12.1. The van der Waals surface area contributed by atoms with E-state index in [1.54, 1.807) is 31.5 Å². The number of aromatic nitrogens is 3. The van der Waals surface area contributed by atoms with Crippen molar-refractivity contribution in [3.63, 3.8) is 0 Å². The molecule has 0 radical (unpaired) electrons. The molecule has 1 atom stereocenters. The highest BCUT2D eigenvalue weighted by molar-refractivity contribution is 5.82. The summed E-state index contributed by atoms with van der Waals surface area (Å²) in [7, 11) is 1.60. The smallest absolute Gasteiger partial charge is 0.339 e. The van der Waals surface area contributed by atoms with Crippen LogP contribution in [-0.2, 0) is 19.6 Å². The normalized spacial score (nSPS) is 12.0. The van der Waals surface area contributed by atoms with E-state index in [-0.39, 0.29) is 25.4 Å². The summed E-state index contributed by atoms with van der Waals surface area (Å²) in [6.07, 6.45) is 1.51. The second-order valence-corrected chi connectivity index (χ2v) is 7.87. The van der Waals surface area contributed by atoms with Gasteiger partial charge in [-0.05, 0) is 43.2 Å². The van der Waals surface area contributed by atoms with Gasteiger partial charge >= 0.3 is 5.63 Å². The summed E-state index contributed by atoms with van der Waals surface area (Å²) in [4.78, 5) is 12.1. The van der Waals surface area contributed by atoms with E-state index in [1.165, 1.54) is 4.68 Å². The Balaban J connectivity index is 1.32. The van der Waals surface area contributed by atoms with Crippen LogP contribution >= 0.6 is 0 Å². The number of hydrogen-bond acceptors (Lipinski definition) is 8. The summed E-state index contributed by atoms with van der Waals surface area (Å²) >= 11 is 0. The molecule has 4 aromatic rings. The van der Waals surface area contributed by atoms with Crippen LogP contribution in [0.15, 0.2) is 57.9 Å². The van der Waals surface area contributed by atoms with Gasteiger partial charge in [0.1, 0.15) is 47.8 Å². The topological polar surface area (TPSA) is 109 Å². The molecule has 2 aromatic heterocycles. The Bertz CT molecular complexity index is 1330. The average Bonchev–Trinajstić information content (AvgIpc) is 3.28. The van der Waals surface area contributed by atoms with Crippen LogP contribution in [0.5, 0.6) is 17.2 Å². The van der Waals surface area contributed by atoms with Gasteiger partial charge in [0.15, 0.2) is 0 Å². The molecule has 0 aliphatic heterocycles. The predicted molar refractivity (Wildman–Crippen MR) is 125 cm³/mol. The van der Waals surface area contributed by atoms with Crippen molar-refractivity contribution in [1.82, 2.24) is 15.0 Å². The van der Waals surface area contributed by atoms with Gasteiger partial charge in [-0.3, -0.25) is 0 Å². The first kappa shape index (κ1) is 23.3. The fraction of sp³-hybridized carbons (Fsp3) is 0.320. The molecule has 4 rings (SSSR count). The highest BCUT2D eigenvalue weighted by atomic mass is 16.5. The van der Waals surface area contributed by atoms with Crippen molar-refractivity contribution in [3.05, 3.63) is 75.9 Å². The van der Waals surface area contributed by atoms with Crippen LogP contribution in [0.4, 0.5) is 0 Å². The number of ether oxygens (including phenoxy) is 3. The molecule has 34 heavy (non-hydrogen) atoms. The largest absolute Gasteiger partial charge is 0.497 e. The van der Waals surface area contributed by atoms with E-state index in [0.29, 0.717) is 40.5 Å². The lowest BCUT2D eigenvalue weighted by atomic mass is 10.0. The summed E-state index contributed by atoms with van der Waals surface area (Å²) < 4.78 is 23.6. The number of methoxy groups -OCH3 is 1. The summed E-state index contributed by atoms with van der Waals surface area (Å²) in [5.74, 6) is 1.87. The van der Waals surface area contributed by atoms with Crippen molar-refractivity contribution in [1.29, 1.82) is 0 Å². The maximum Gasteiger partial charge on any atom is 0.339 e. The van der Waals surface area contributed by atoms with E-state index in [9.17, 15) is 9.90 Å². The first-order valence-electron chi connectivity index (χ1n) is 11.0. The number of fused-ring (bicyclic) bond motifs is 1. The van der Waals surface area contributed by atoms with E-state index >= 15 is 0 Å². The lowest BCUT2D eigenvalue weighted by molar-refractivity contribution is 0.0888. The molecule has 0 bridgehead atoms. The second kappa shape index (κ2) is 10.4. The van der Waals surface area contributed by atoms with Crippen molar-refractivity contribution >= 4 is 11.0 Å². The molecule has 2 aromatic carbocycles. The average molecular weight is 466 g/mol. The van der Waals surface area contributed by atoms with Crippen molar-refractivity contribution in [2.75, 3.05) is 13.7 Å². The van der Waals surface area contributed by atoms with Gasteiger partial charge < -0.3 is 23.7 Å². The van der Waals surface area contributed by atoms with Crippen LogP contribution < -0.4 is 19.8 Å². The Morgan fingerprint density at radius 2 is 1.91 bits per heavy atom. The van der Waals surface area contributed by atoms with Gasteiger partial charge in [-0.15, -0.1) is 5.10 Å². The molecule has 2 heterocycles. The molecule has 1 N–H and O–H groups in total. The highest BCUT2D eigenvalue weighted by Gasteiger charge is 2.13. The molecular weight excluding hydrogens is 438 g/mol. The Labute approximate surface area is 196 Å². The van der Waals surface area contributed by atoms with Crippen LogP contribution in [0, 0.1) is 6.92 Å². The van der Waals surface area contributed by atoms with E-state index in [0.717, 1.165) is 10.9 Å². The van der Waals surface area contributed by atoms with Crippen molar-refractivity contribution in [2.45, 2.75) is 39.5 Å². The molecule has 0 amide bonds. The van der Waals surface area contributed by atoms with Gasteiger partial charge in [0.2, 0.25) is 0 Å². The summed E-state index contributed by atoms with van der Waals surface area (Å²) in [5.41, 5.74) is 2.35. The van der Waals surface area contributed by atoms with Gasteiger partial charge in [-0.1, -0.05) is 18.2 Å². The zero-order chi connectivity index (χ0) is 24.1. The van der Waals surface area contributed by atoms with Crippen LogP contribution in [0.2, 0.25) is 0 Å². The Morgan fingerprint density at radius 1 is 1.12 bits per heavy atom. The van der Waals surface area contributed by atoms with Crippen LogP contribution in [-0.4, -0.2) is 39.9 Å². The molecule has 0 saturated carbocycles. The standard InChI is InChI=1S/C25H27N3O6/c1-4-22-16(2)23-9-8-21(11-24(23)34-25(22)30)33-15-18(29)13-28-12-17(26-27-28)14-32-20-7-5-6-19(10-20)31-3/h5-12,18,29H,4,13-15H2,1-3H3. The highest BCUT2D eigenvalue weighted by Crippen LogP contribution is 2.24. The van der Waals surface area contributed by atoms with Gasteiger partial charge in [0.25, 0.3) is 0 Å². The van der Waals surface area contributed by atoms with Crippen LogP contribution in [0.3, 0.4) is 0 Å². The molecule has 0 fully saturated rings. The zero-order valence-corrected chi connectivity index (χ0v) is 19.4. The number of aliphatic hydroxyl groups is 1. The number of benzene rings is 2. The number of rotatable bonds is 10. The van der Waals surface area contributed by atoms with Crippen LogP contribution in [0.25, 0.3) is 11.0 Å². The van der Waals surface area contributed by atoms with Gasteiger partial charge in [-0.25, -0.2) is 9.48 Å². The Kier molecular flexibility index (Phi) is 7.12. The third-order valence-electron chi connectivity index (χ3n) is 5.47. The van der Waals surface area contributed by atoms with Crippen molar-refractivity contribution in [3.8, 4) is 17.2 Å². The quantitative estimate of drug-likeness (QED) is 0.356. The monoisotopic (exact) mass is 465 g/mol. The minimum absolute atomic E-state index is 0.0390. The lowest BCUT2D eigenvalue weighted by Crippen LogP contribution is -2.24. The summed E-state index contributed by atoms with van der Waals surface area (Å²) in [6, 6.07) is 12.6. The molecule has 0 saturated heterocycles. The maximum absolute atomic E-state index is 12.1. The first-order chi connectivity index (χ1) is 16.5. The van der Waals surface area contributed by atoms with E-state index < -0.39 is 6.10 Å². The van der Waals surface area contributed by atoms with E-state index in [2.05, 4.69) is 10.3 Å². The predicted octanol–water partition coefficient (Wildman–Crippen LogP) is 3.28. The number of aliphatic hydroxyl groups excluding tert-OH is 1. The molecule has 9 heteroatoms. The minimum Gasteiger partial charge on any atom is -0.497 e. The molecular formula is C25H27N3O6. The van der Waals surface area contributed by atoms with Crippen LogP contribution in [0.1, 0.15) is 23.7 Å². The third kappa shape index (κ3) is 5.37. The first-order valence-corrected chi connectivity index (χ1v) is 11.0. The van der Waals surface area contributed by atoms with E-state index in [1.807, 2.05) is 38.1 Å². The molecule has 0 spiro atoms. The van der Waals surface area contributed by atoms with Gasteiger partial charge in [0.05, 0.1) is 19.9 Å². The van der Waals surface area contributed by atoms with Crippen molar-refractivity contribution < 1.29 is 23.7 Å². The minimum atomic E-state index is -0.819. The fourth-order valence-corrected chi connectivity index (χ4v) is 3.68. The SMILES string of the molecule is CCc1c(C)c2ccc(OCC(O)Cn3cc(COc4cccc(OC)c4)nn3)cc2oc1=O. The molecule has 178 valence electrons. The van der Waals surface area contributed by atoms with Crippen molar-refractivity contribution in [2.24, 2.45) is 0 Å². The van der Waals surface area contributed by atoms with Gasteiger partial charge in [-0.2, -0.15) is 0 Å². The zero-order valence-electron chi connectivity index (χ0n) is 19.4. The lowest BCUT2D eigenvalue weighted by Gasteiger charge is -2.13. The summed E-state index contributed by atoms with van der Waals surface area (Å²) in [6.45, 7) is 4.32. The molecule has 0 aliphatic carbocycles. The Hall–Kier alpha value is -3.85. The molecule has 0 aliphatic rings. The summed E-state index contributed by atoms with van der Waals surface area (Å²) in [5, 5.41) is 19.4. The number of hydrogen-bond donors (Lipinski definition) is 1. The second-order valence-electron chi connectivity index (χ2n) is 7.87. The van der Waals surface area contributed by atoms with E-state index in [4.69, 9.17) is 18.6 Å². The Morgan fingerprint density at radius 3 is 2.71 bits per heavy atom. The third-order valence-corrected chi connectivity index (χ3v) is 5.47. The number of nitrogens with zero attached hydrogens (tertiary/aromatic N) is 3.